The zero-order chi connectivity index (χ0) is 26.2. The van der Waals surface area contributed by atoms with Gasteiger partial charge in [-0.05, 0) is 57.9 Å². The summed E-state index contributed by atoms with van der Waals surface area (Å²) >= 11 is 0. The minimum atomic E-state index is -0.737. The number of likely N-dealkylation sites (tertiary alicyclic amines) is 2. The second-order valence-electron chi connectivity index (χ2n) is 9.55. The molecule has 198 valence electrons. The summed E-state index contributed by atoms with van der Waals surface area (Å²) in [6.45, 7) is 8.19. The summed E-state index contributed by atoms with van der Waals surface area (Å²) < 4.78 is 10.6. The molecule has 2 aliphatic heterocycles. The molecule has 2 fully saturated rings. The number of carbonyl (C=O) groups excluding carboxylic acids is 4. The van der Waals surface area contributed by atoms with Gasteiger partial charge in [0.15, 0.2) is 0 Å². The lowest BCUT2D eigenvalue weighted by Crippen LogP contribution is -2.58. The van der Waals surface area contributed by atoms with Gasteiger partial charge in [0.25, 0.3) is 0 Å². The first kappa shape index (κ1) is 27.6. The molecular weight excluding hydrogens is 462 g/mol. The van der Waals surface area contributed by atoms with Crippen molar-refractivity contribution in [1.82, 2.24) is 15.1 Å². The lowest BCUT2D eigenvalue weighted by molar-refractivity contribution is -0.156. The Morgan fingerprint density at radius 1 is 1.08 bits per heavy atom. The molecule has 0 radical (unpaired) electrons. The first-order valence-corrected chi connectivity index (χ1v) is 13.0. The molecule has 1 N–H and O–H groups in total. The van der Waals surface area contributed by atoms with Crippen LogP contribution in [0, 0.1) is 5.92 Å². The van der Waals surface area contributed by atoms with Gasteiger partial charge in [0.05, 0.1) is 25.3 Å². The maximum absolute atomic E-state index is 13.8. The minimum Gasteiger partial charge on any atom is -0.465 e. The van der Waals surface area contributed by atoms with Crippen LogP contribution in [-0.4, -0.2) is 84.0 Å². The SMILES string of the molecule is CCOC(=O)[C@H](CCc1ccccc1)N[C@H](C)C(=O)N1[C@H](C(=O)OCC)C[C@@H]2CCN(C(C)=O)C[C@@H]21. The molecule has 2 aliphatic rings. The second kappa shape index (κ2) is 12.9. The molecule has 3 rings (SSSR count). The summed E-state index contributed by atoms with van der Waals surface area (Å²) in [4.78, 5) is 54.7. The first-order chi connectivity index (χ1) is 17.3. The van der Waals surface area contributed by atoms with Gasteiger partial charge in [0.2, 0.25) is 11.8 Å². The van der Waals surface area contributed by atoms with E-state index in [1.54, 1.807) is 30.6 Å². The Balaban J connectivity index is 1.77. The van der Waals surface area contributed by atoms with E-state index in [-0.39, 0.29) is 37.0 Å². The fraction of sp³-hybridized carbons (Fsp3) is 0.630. The molecule has 0 spiro atoms. The highest BCUT2D eigenvalue weighted by Gasteiger charge is 2.50. The molecule has 2 amide bonds. The predicted molar refractivity (Wildman–Crippen MR) is 134 cm³/mol. The van der Waals surface area contributed by atoms with E-state index in [2.05, 4.69) is 5.32 Å². The molecule has 9 heteroatoms. The second-order valence-corrected chi connectivity index (χ2v) is 9.55. The molecule has 36 heavy (non-hydrogen) atoms. The van der Waals surface area contributed by atoms with Crippen molar-refractivity contribution in [2.24, 2.45) is 5.92 Å². The molecule has 2 heterocycles. The Morgan fingerprint density at radius 2 is 1.78 bits per heavy atom. The highest BCUT2D eigenvalue weighted by atomic mass is 16.5. The summed E-state index contributed by atoms with van der Waals surface area (Å²) in [6, 6.07) is 7.44. The average Bonchev–Trinajstić information content (AvgIpc) is 3.25. The summed E-state index contributed by atoms with van der Waals surface area (Å²) in [7, 11) is 0. The van der Waals surface area contributed by atoms with Crippen LogP contribution in [0.2, 0.25) is 0 Å². The Morgan fingerprint density at radius 3 is 2.42 bits per heavy atom. The predicted octanol–water partition coefficient (Wildman–Crippen LogP) is 1.93. The van der Waals surface area contributed by atoms with Gasteiger partial charge in [0.1, 0.15) is 12.1 Å². The monoisotopic (exact) mass is 501 g/mol. The van der Waals surface area contributed by atoms with Crippen LogP contribution in [0.3, 0.4) is 0 Å². The van der Waals surface area contributed by atoms with Gasteiger partial charge in [-0.25, -0.2) is 4.79 Å². The number of carbonyl (C=O) groups is 4. The highest BCUT2D eigenvalue weighted by Crippen LogP contribution is 2.37. The topological polar surface area (TPSA) is 105 Å². The lowest BCUT2D eigenvalue weighted by Gasteiger charge is -2.39. The van der Waals surface area contributed by atoms with Gasteiger partial charge in [-0.15, -0.1) is 0 Å². The van der Waals surface area contributed by atoms with Gasteiger partial charge in [-0.1, -0.05) is 30.3 Å². The van der Waals surface area contributed by atoms with E-state index in [1.807, 2.05) is 30.3 Å². The zero-order valence-electron chi connectivity index (χ0n) is 21.8. The van der Waals surface area contributed by atoms with Crippen molar-refractivity contribution in [1.29, 1.82) is 0 Å². The first-order valence-electron chi connectivity index (χ1n) is 13.0. The van der Waals surface area contributed by atoms with E-state index in [0.717, 1.165) is 12.0 Å². The summed E-state index contributed by atoms with van der Waals surface area (Å²) in [5.74, 6) is -1.04. The summed E-state index contributed by atoms with van der Waals surface area (Å²) in [5.41, 5.74) is 1.09. The number of piperidine rings is 1. The van der Waals surface area contributed by atoms with E-state index >= 15 is 0 Å². The Hall–Kier alpha value is -2.94. The number of hydrogen-bond acceptors (Lipinski definition) is 7. The molecule has 1 aromatic rings. The average molecular weight is 502 g/mol. The van der Waals surface area contributed by atoms with Crippen LogP contribution in [-0.2, 0) is 35.1 Å². The van der Waals surface area contributed by atoms with Crippen LogP contribution in [0.25, 0.3) is 0 Å². The van der Waals surface area contributed by atoms with Crippen molar-refractivity contribution in [2.45, 2.75) is 77.5 Å². The normalized spacial score (nSPS) is 22.9. The number of amides is 2. The zero-order valence-corrected chi connectivity index (χ0v) is 21.8. The van der Waals surface area contributed by atoms with Gasteiger partial charge in [-0.3, -0.25) is 19.7 Å². The largest absolute Gasteiger partial charge is 0.465 e. The van der Waals surface area contributed by atoms with E-state index in [4.69, 9.17) is 9.47 Å². The number of hydrogen-bond donors (Lipinski definition) is 1. The lowest BCUT2D eigenvalue weighted by atomic mass is 9.91. The quantitative estimate of drug-likeness (QED) is 0.489. The van der Waals surface area contributed by atoms with E-state index in [1.165, 1.54) is 6.92 Å². The minimum absolute atomic E-state index is 0.0464. The third-order valence-electron chi connectivity index (χ3n) is 7.16. The third-order valence-corrected chi connectivity index (χ3v) is 7.16. The Labute approximate surface area is 213 Å². The van der Waals surface area contributed by atoms with Gasteiger partial charge < -0.3 is 19.3 Å². The molecular formula is C27H39N3O6. The number of aryl methyl sites for hydroxylation is 1. The van der Waals surface area contributed by atoms with E-state index in [0.29, 0.717) is 32.4 Å². The maximum Gasteiger partial charge on any atom is 0.328 e. The Bertz CT molecular complexity index is 923. The molecule has 0 unspecified atom stereocenters. The molecule has 5 atom stereocenters. The highest BCUT2D eigenvalue weighted by molar-refractivity contribution is 5.89. The number of rotatable bonds is 10. The fourth-order valence-electron chi connectivity index (χ4n) is 5.32. The van der Waals surface area contributed by atoms with Gasteiger partial charge >= 0.3 is 11.9 Å². The van der Waals surface area contributed by atoms with Gasteiger partial charge in [-0.2, -0.15) is 0 Å². The van der Waals surface area contributed by atoms with Crippen LogP contribution < -0.4 is 5.32 Å². The van der Waals surface area contributed by atoms with Crippen molar-refractivity contribution < 1.29 is 28.7 Å². The molecule has 0 bridgehead atoms. The number of esters is 2. The van der Waals surface area contributed by atoms with Crippen LogP contribution in [0.1, 0.15) is 52.5 Å². The molecule has 2 saturated heterocycles. The number of nitrogens with one attached hydrogen (secondary N) is 1. The summed E-state index contributed by atoms with van der Waals surface area (Å²) in [5, 5.41) is 3.17. The molecule has 0 saturated carbocycles. The van der Waals surface area contributed by atoms with Crippen LogP contribution in [0.15, 0.2) is 30.3 Å². The van der Waals surface area contributed by atoms with Crippen molar-refractivity contribution in [2.75, 3.05) is 26.3 Å². The number of ether oxygens (including phenoxy) is 2. The van der Waals surface area contributed by atoms with E-state index < -0.39 is 30.1 Å². The van der Waals surface area contributed by atoms with E-state index in [9.17, 15) is 19.2 Å². The number of fused-ring (bicyclic) bond motifs is 1. The van der Waals surface area contributed by atoms with Crippen LogP contribution >= 0.6 is 0 Å². The Kier molecular flexibility index (Phi) is 9.87. The van der Waals surface area contributed by atoms with Crippen molar-refractivity contribution in [3.63, 3.8) is 0 Å². The fourth-order valence-corrected chi connectivity index (χ4v) is 5.32. The van der Waals surface area contributed by atoms with Crippen LogP contribution in [0.5, 0.6) is 0 Å². The van der Waals surface area contributed by atoms with Crippen molar-refractivity contribution >= 4 is 23.8 Å². The molecule has 0 aromatic heterocycles. The maximum atomic E-state index is 13.8. The number of benzene rings is 1. The summed E-state index contributed by atoms with van der Waals surface area (Å²) in [6.07, 6.45) is 2.36. The van der Waals surface area contributed by atoms with Crippen molar-refractivity contribution in [3.05, 3.63) is 35.9 Å². The number of nitrogens with zero attached hydrogens (tertiary/aromatic N) is 2. The van der Waals surface area contributed by atoms with Crippen molar-refractivity contribution in [3.8, 4) is 0 Å². The van der Waals surface area contributed by atoms with Crippen LogP contribution in [0.4, 0.5) is 0 Å². The van der Waals surface area contributed by atoms with Gasteiger partial charge in [0, 0.05) is 20.0 Å². The molecule has 9 nitrogen and oxygen atoms in total. The molecule has 1 aromatic carbocycles. The molecule has 0 aliphatic carbocycles. The smallest absolute Gasteiger partial charge is 0.328 e. The third kappa shape index (κ3) is 6.63. The standard InChI is InChI=1S/C27H39N3O6/c1-5-35-26(33)22(13-12-20-10-8-7-9-11-20)28-18(3)25(32)30-23(27(34)36-6-2)16-21-14-15-29(19(4)31)17-24(21)30/h7-11,18,21-24,28H,5-6,12-17H2,1-4H3/t18-,21+,22+,23+,24+/m1/s1.